The predicted molar refractivity (Wildman–Crippen MR) is 80.8 cm³/mol. The zero-order chi connectivity index (χ0) is 15.1. The fraction of sp³-hybridized carbons (Fsp3) is 0.875. The summed E-state index contributed by atoms with van der Waals surface area (Å²) in [4.78, 5) is 25.9. The Labute approximate surface area is 127 Å². The van der Waals surface area contributed by atoms with E-state index in [0.717, 1.165) is 6.42 Å². The van der Waals surface area contributed by atoms with Crippen molar-refractivity contribution in [2.45, 2.75) is 57.9 Å². The van der Waals surface area contributed by atoms with Crippen molar-refractivity contribution in [2.24, 2.45) is 5.92 Å². The van der Waals surface area contributed by atoms with Gasteiger partial charge in [-0.05, 0) is 19.3 Å². The molecule has 1 saturated carbocycles. The Balaban J connectivity index is 1.67. The van der Waals surface area contributed by atoms with Crippen LogP contribution in [0.3, 0.4) is 0 Å². The fourth-order valence-electron chi connectivity index (χ4n) is 3.24. The second-order valence-electron chi connectivity index (χ2n) is 6.27. The van der Waals surface area contributed by atoms with Gasteiger partial charge in [-0.3, -0.25) is 9.59 Å². The summed E-state index contributed by atoms with van der Waals surface area (Å²) in [5.74, 6) is 0.716. The molecule has 1 atom stereocenters. The average molecular weight is 296 g/mol. The minimum Gasteiger partial charge on any atom is -0.378 e. The molecule has 5 nitrogen and oxygen atoms in total. The van der Waals surface area contributed by atoms with Gasteiger partial charge in [0.15, 0.2) is 0 Å². The zero-order valence-electron chi connectivity index (χ0n) is 13.1. The molecule has 2 fully saturated rings. The number of ether oxygens (including phenoxy) is 1. The lowest BCUT2D eigenvalue weighted by Crippen LogP contribution is -2.50. The Kier molecular flexibility index (Phi) is 6.49. The van der Waals surface area contributed by atoms with E-state index in [1.165, 1.54) is 32.1 Å². The van der Waals surface area contributed by atoms with Crippen molar-refractivity contribution in [1.82, 2.24) is 10.2 Å². The number of nitrogens with zero attached hydrogens (tertiary/aromatic N) is 1. The first-order valence-corrected chi connectivity index (χ1v) is 8.32. The van der Waals surface area contributed by atoms with Crippen LogP contribution in [0.4, 0.5) is 0 Å². The molecule has 0 radical (unpaired) electrons. The number of nitrogens with one attached hydrogen (secondary N) is 1. The van der Waals surface area contributed by atoms with Gasteiger partial charge in [-0.2, -0.15) is 0 Å². The standard InChI is InChI=1S/C16H28N2O3/c1-13(16(20)18-9-11-21-12-10-18)17-15(19)8-7-14-5-3-2-4-6-14/h13-14H,2-12H2,1H3,(H,17,19)/t13-/m1/s1. The first kappa shape index (κ1) is 16.3. The molecule has 120 valence electrons. The van der Waals surface area contributed by atoms with Gasteiger partial charge in [0.1, 0.15) is 6.04 Å². The molecule has 0 bridgehead atoms. The van der Waals surface area contributed by atoms with Gasteiger partial charge >= 0.3 is 0 Å². The largest absolute Gasteiger partial charge is 0.378 e. The van der Waals surface area contributed by atoms with Gasteiger partial charge in [-0.15, -0.1) is 0 Å². The van der Waals surface area contributed by atoms with E-state index in [4.69, 9.17) is 4.74 Å². The molecule has 2 aliphatic rings. The number of hydrogen-bond acceptors (Lipinski definition) is 3. The van der Waals surface area contributed by atoms with Gasteiger partial charge in [-0.25, -0.2) is 0 Å². The summed E-state index contributed by atoms with van der Waals surface area (Å²) < 4.78 is 5.24. The van der Waals surface area contributed by atoms with Crippen LogP contribution in [0, 0.1) is 5.92 Å². The topological polar surface area (TPSA) is 58.6 Å². The van der Waals surface area contributed by atoms with Crippen LogP contribution in [-0.4, -0.2) is 49.1 Å². The first-order valence-electron chi connectivity index (χ1n) is 8.32. The third kappa shape index (κ3) is 5.30. The number of hydrogen-bond donors (Lipinski definition) is 1. The lowest BCUT2D eigenvalue weighted by Gasteiger charge is -2.29. The highest BCUT2D eigenvalue weighted by Crippen LogP contribution is 2.27. The monoisotopic (exact) mass is 296 g/mol. The summed E-state index contributed by atoms with van der Waals surface area (Å²) >= 11 is 0. The van der Waals surface area contributed by atoms with Gasteiger partial charge in [0.25, 0.3) is 0 Å². The Hall–Kier alpha value is -1.10. The van der Waals surface area contributed by atoms with Crippen LogP contribution in [0.5, 0.6) is 0 Å². The van der Waals surface area contributed by atoms with Crippen molar-refractivity contribution in [3.63, 3.8) is 0 Å². The molecule has 0 aromatic rings. The van der Waals surface area contributed by atoms with Crippen molar-refractivity contribution in [3.8, 4) is 0 Å². The quantitative estimate of drug-likeness (QED) is 0.840. The molecule has 1 aliphatic heterocycles. The number of carbonyl (C=O) groups excluding carboxylic acids is 2. The molecular formula is C16H28N2O3. The van der Waals surface area contributed by atoms with E-state index in [1.54, 1.807) is 11.8 Å². The number of morpholine rings is 1. The first-order chi connectivity index (χ1) is 10.2. The molecule has 1 aliphatic carbocycles. The van der Waals surface area contributed by atoms with Gasteiger partial charge < -0.3 is 15.0 Å². The maximum atomic E-state index is 12.2. The van der Waals surface area contributed by atoms with Gasteiger partial charge in [-0.1, -0.05) is 32.1 Å². The van der Waals surface area contributed by atoms with Crippen LogP contribution < -0.4 is 5.32 Å². The molecule has 0 spiro atoms. The van der Waals surface area contributed by atoms with E-state index >= 15 is 0 Å². The third-order valence-electron chi connectivity index (χ3n) is 4.58. The molecule has 5 heteroatoms. The Morgan fingerprint density at radius 3 is 2.52 bits per heavy atom. The summed E-state index contributed by atoms with van der Waals surface area (Å²) in [7, 11) is 0. The molecule has 1 heterocycles. The van der Waals surface area contributed by atoms with E-state index in [1.807, 2.05) is 0 Å². The molecule has 2 amide bonds. The molecule has 1 N–H and O–H groups in total. The second-order valence-corrected chi connectivity index (χ2v) is 6.27. The Morgan fingerprint density at radius 1 is 1.19 bits per heavy atom. The Bertz CT molecular complexity index is 347. The molecule has 0 aromatic carbocycles. The lowest BCUT2D eigenvalue weighted by atomic mass is 9.86. The van der Waals surface area contributed by atoms with Crippen molar-refractivity contribution in [3.05, 3.63) is 0 Å². The molecule has 0 unspecified atom stereocenters. The fourth-order valence-corrected chi connectivity index (χ4v) is 3.24. The Morgan fingerprint density at radius 2 is 1.86 bits per heavy atom. The van der Waals surface area contributed by atoms with E-state index in [9.17, 15) is 9.59 Å². The number of rotatable bonds is 5. The molecule has 0 aromatic heterocycles. The van der Waals surface area contributed by atoms with Crippen LogP contribution in [0.15, 0.2) is 0 Å². The van der Waals surface area contributed by atoms with Crippen molar-refractivity contribution < 1.29 is 14.3 Å². The van der Waals surface area contributed by atoms with Crippen LogP contribution in [0.2, 0.25) is 0 Å². The highest BCUT2D eigenvalue weighted by molar-refractivity contribution is 5.87. The molecule has 1 saturated heterocycles. The van der Waals surface area contributed by atoms with Gasteiger partial charge in [0.05, 0.1) is 13.2 Å². The zero-order valence-corrected chi connectivity index (χ0v) is 13.1. The van der Waals surface area contributed by atoms with Crippen LogP contribution in [0.25, 0.3) is 0 Å². The van der Waals surface area contributed by atoms with E-state index < -0.39 is 6.04 Å². The van der Waals surface area contributed by atoms with E-state index in [2.05, 4.69) is 5.32 Å². The van der Waals surface area contributed by atoms with Crippen molar-refractivity contribution in [1.29, 1.82) is 0 Å². The van der Waals surface area contributed by atoms with Gasteiger partial charge in [0, 0.05) is 19.5 Å². The maximum Gasteiger partial charge on any atom is 0.245 e. The second kappa shape index (κ2) is 8.37. The van der Waals surface area contributed by atoms with Crippen molar-refractivity contribution in [2.75, 3.05) is 26.3 Å². The maximum absolute atomic E-state index is 12.2. The summed E-state index contributed by atoms with van der Waals surface area (Å²) in [5, 5.41) is 2.85. The highest BCUT2D eigenvalue weighted by atomic mass is 16.5. The predicted octanol–water partition coefficient (Wildman–Crippen LogP) is 1.71. The lowest BCUT2D eigenvalue weighted by molar-refractivity contribution is -0.139. The SMILES string of the molecule is C[C@@H](NC(=O)CCC1CCCCC1)C(=O)N1CCOCC1. The molecular weight excluding hydrogens is 268 g/mol. The number of carbonyl (C=O) groups is 2. The van der Waals surface area contributed by atoms with E-state index in [-0.39, 0.29) is 11.8 Å². The van der Waals surface area contributed by atoms with Crippen LogP contribution in [-0.2, 0) is 14.3 Å². The minimum atomic E-state index is -0.429. The van der Waals surface area contributed by atoms with Crippen molar-refractivity contribution >= 4 is 11.8 Å². The summed E-state index contributed by atoms with van der Waals surface area (Å²) in [5.41, 5.74) is 0. The summed E-state index contributed by atoms with van der Waals surface area (Å²) in [6, 6.07) is -0.429. The third-order valence-corrected chi connectivity index (χ3v) is 4.58. The minimum absolute atomic E-state index is 0.00400. The van der Waals surface area contributed by atoms with Gasteiger partial charge in [0.2, 0.25) is 11.8 Å². The summed E-state index contributed by atoms with van der Waals surface area (Å²) in [6.07, 6.45) is 7.98. The molecule has 2 rings (SSSR count). The van der Waals surface area contributed by atoms with E-state index in [0.29, 0.717) is 38.6 Å². The smallest absolute Gasteiger partial charge is 0.245 e. The van der Waals surface area contributed by atoms with Crippen LogP contribution in [0.1, 0.15) is 51.9 Å². The van der Waals surface area contributed by atoms with Crippen LogP contribution >= 0.6 is 0 Å². The summed E-state index contributed by atoms with van der Waals surface area (Å²) in [6.45, 7) is 4.21. The highest BCUT2D eigenvalue weighted by Gasteiger charge is 2.24. The average Bonchev–Trinajstić information content (AvgIpc) is 2.54. The number of amides is 2. The molecule has 21 heavy (non-hydrogen) atoms. The normalized spacial score (nSPS) is 21.9.